The van der Waals surface area contributed by atoms with Crippen LogP contribution < -0.4 is 20.2 Å². The first-order chi connectivity index (χ1) is 13.6. The maximum absolute atomic E-state index is 11.8. The Kier molecular flexibility index (Phi) is 8.52. The number of ether oxygens (including phenoxy) is 2. The standard InChI is InChI=1S/C21H25N3O4/c1-3-12-28-18-11-10-17(13-19(18)27-4-2)15-23-24-21(26)20(25)22-14-16-8-6-5-7-9-16/h5-11,13,15H,3-4,12,14H2,1-2H3,(H,22,25)(H,24,26)/b23-15+. The molecule has 0 radical (unpaired) electrons. The molecule has 2 aromatic rings. The second-order valence-corrected chi connectivity index (χ2v) is 5.86. The van der Waals surface area contributed by atoms with E-state index in [1.807, 2.05) is 44.2 Å². The molecule has 0 aliphatic heterocycles. The lowest BCUT2D eigenvalue weighted by Gasteiger charge is -2.11. The number of hydrogen-bond donors (Lipinski definition) is 2. The van der Waals surface area contributed by atoms with Crippen LogP contribution in [-0.4, -0.2) is 31.2 Å². The third kappa shape index (κ3) is 6.75. The molecule has 0 unspecified atom stereocenters. The molecule has 0 bridgehead atoms. The third-order valence-electron chi connectivity index (χ3n) is 3.61. The van der Waals surface area contributed by atoms with Crippen molar-refractivity contribution < 1.29 is 19.1 Å². The van der Waals surface area contributed by atoms with Crippen LogP contribution in [-0.2, 0) is 16.1 Å². The highest BCUT2D eigenvalue weighted by Gasteiger charge is 2.12. The normalized spacial score (nSPS) is 10.5. The predicted molar refractivity (Wildman–Crippen MR) is 107 cm³/mol. The van der Waals surface area contributed by atoms with Crippen LogP contribution in [0, 0.1) is 0 Å². The number of hydrogen-bond acceptors (Lipinski definition) is 5. The van der Waals surface area contributed by atoms with E-state index >= 15 is 0 Å². The molecule has 0 saturated carbocycles. The lowest BCUT2D eigenvalue weighted by atomic mass is 10.2. The van der Waals surface area contributed by atoms with Crippen molar-refractivity contribution in [1.29, 1.82) is 0 Å². The van der Waals surface area contributed by atoms with Crippen LogP contribution in [0.5, 0.6) is 11.5 Å². The third-order valence-corrected chi connectivity index (χ3v) is 3.61. The molecule has 0 aliphatic carbocycles. The van der Waals surface area contributed by atoms with Gasteiger partial charge >= 0.3 is 11.8 Å². The van der Waals surface area contributed by atoms with E-state index in [0.29, 0.717) is 30.3 Å². The number of amides is 2. The fourth-order valence-electron chi connectivity index (χ4n) is 2.28. The summed E-state index contributed by atoms with van der Waals surface area (Å²) in [5, 5.41) is 6.37. The van der Waals surface area contributed by atoms with Crippen LogP contribution in [0.2, 0.25) is 0 Å². The zero-order valence-corrected chi connectivity index (χ0v) is 16.1. The SMILES string of the molecule is CCCOc1ccc(/C=N/NC(=O)C(=O)NCc2ccccc2)cc1OCC. The van der Waals surface area contributed by atoms with Gasteiger partial charge in [0, 0.05) is 6.54 Å². The molecule has 2 amide bonds. The maximum atomic E-state index is 11.8. The molecular weight excluding hydrogens is 358 g/mol. The van der Waals surface area contributed by atoms with Crippen LogP contribution in [0.25, 0.3) is 0 Å². The van der Waals surface area contributed by atoms with Gasteiger partial charge in [0.15, 0.2) is 11.5 Å². The zero-order chi connectivity index (χ0) is 20.2. The minimum Gasteiger partial charge on any atom is -0.490 e. The maximum Gasteiger partial charge on any atom is 0.329 e. The molecule has 28 heavy (non-hydrogen) atoms. The summed E-state index contributed by atoms with van der Waals surface area (Å²) in [6.07, 6.45) is 2.33. The van der Waals surface area contributed by atoms with Crippen molar-refractivity contribution in [2.24, 2.45) is 5.10 Å². The Labute approximate surface area is 164 Å². The van der Waals surface area contributed by atoms with Gasteiger partial charge in [0.2, 0.25) is 0 Å². The van der Waals surface area contributed by atoms with Gasteiger partial charge in [-0.1, -0.05) is 37.3 Å². The quantitative estimate of drug-likeness (QED) is 0.396. The Morgan fingerprint density at radius 3 is 2.50 bits per heavy atom. The van der Waals surface area contributed by atoms with Crippen LogP contribution in [0.4, 0.5) is 0 Å². The van der Waals surface area contributed by atoms with Crippen LogP contribution in [0.1, 0.15) is 31.4 Å². The van der Waals surface area contributed by atoms with Gasteiger partial charge in [-0.3, -0.25) is 9.59 Å². The topological polar surface area (TPSA) is 89.0 Å². The second-order valence-electron chi connectivity index (χ2n) is 5.86. The summed E-state index contributed by atoms with van der Waals surface area (Å²) in [6, 6.07) is 14.7. The number of carbonyl (C=O) groups excluding carboxylic acids is 2. The molecule has 2 aromatic carbocycles. The monoisotopic (exact) mass is 383 g/mol. The van der Waals surface area contributed by atoms with E-state index < -0.39 is 11.8 Å². The summed E-state index contributed by atoms with van der Waals surface area (Å²) in [7, 11) is 0. The summed E-state index contributed by atoms with van der Waals surface area (Å²) in [4.78, 5) is 23.6. The molecule has 7 nitrogen and oxygen atoms in total. The van der Waals surface area contributed by atoms with Gasteiger partial charge in [-0.2, -0.15) is 5.10 Å². The highest BCUT2D eigenvalue weighted by Crippen LogP contribution is 2.28. The van der Waals surface area contributed by atoms with Gasteiger partial charge in [-0.25, -0.2) is 5.43 Å². The van der Waals surface area contributed by atoms with Crippen LogP contribution in [0.3, 0.4) is 0 Å². The molecular formula is C21H25N3O4. The lowest BCUT2D eigenvalue weighted by molar-refractivity contribution is -0.139. The highest BCUT2D eigenvalue weighted by atomic mass is 16.5. The average molecular weight is 383 g/mol. The van der Waals surface area contributed by atoms with Crippen molar-refractivity contribution >= 4 is 18.0 Å². The minimum absolute atomic E-state index is 0.272. The number of nitrogens with one attached hydrogen (secondary N) is 2. The lowest BCUT2D eigenvalue weighted by Crippen LogP contribution is -2.37. The predicted octanol–water partition coefficient (Wildman–Crippen LogP) is 2.64. The van der Waals surface area contributed by atoms with Gasteiger partial charge in [0.25, 0.3) is 0 Å². The van der Waals surface area contributed by atoms with Crippen molar-refractivity contribution in [3.8, 4) is 11.5 Å². The Balaban J connectivity index is 1.89. The van der Waals surface area contributed by atoms with Crippen molar-refractivity contribution in [2.45, 2.75) is 26.8 Å². The van der Waals surface area contributed by atoms with Crippen LogP contribution in [0.15, 0.2) is 53.6 Å². The average Bonchev–Trinajstić information content (AvgIpc) is 2.72. The number of hydrazone groups is 1. The van der Waals surface area contributed by atoms with Crippen LogP contribution >= 0.6 is 0 Å². The van der Waals surface area contributed by atoms with Gasteiger partial charge in [-0.05, 0) is 42.7 Å². The van der Waals surface area contributed by atoms with E-state index in [9.17, 15) is 9.59 Å². The Hall–Kier alpha value is -3.35. The molecule has 0 fully saturated rings. The van der Waals surface area contributed by atoms with Gasteiger partial charge in [0.1, 0.15) is 0 Å². The smallest absolute Gasteiger partial charge is 0.329 e. The van der Waals surface area contributed by atoms with E-state index in [1.165, 1.54) is 6.21 Å². The Morgan fingerprint density at radius 2 is 1.79 bits per heavy atom. The summed E-state index contributed by atoms with van der Waals surface area (Å²) < 4.78 is 11.2. The molecule has 0 spiro atoms. The molecule has 148 valence electrons. The van der Waals surface area contributed by atoms with Gasteiger partial charge in [-0.15, -0.1) is 0 Å². The number of nitrogens with zero attached hydrogens (tertiary/aromatic N) is 1. The van der Waals surface area contributed by atoms with Crippen molar-refractivity contribution in [3.05, 3.63) is 59.7 Å². The fourth-order valence-corrected chi connectivity index (χ4v) is 2.28. The van der Waals surface area contributed by atoms with Crippen molar-refractivity contribution in [2.75, 3.05) is 13.2 Å². The largest absolute Gasteiger partial charge is 0.490 e. The summed E-state index contributed by atoms with van der Waals surface area (Å²) in [5.74, 6) is -0.323. The van der Waals surface area contributed by atoms with Gasteiger partial charge in [0.05, 0.1) is 19.4 Å². The second kappa shape index (κ2) is 11.4. The first-order valence-electron chi connectivity index (χ1n) is 9.18. The summed E-state index contributed by atoms with van der Waals surface area (Å²) in [6.45, 7) is 5.29. The molecule has 0 aromatic heterocycles. The molecule has 0 atom stereocenters. The highest BCUT2D eigenvalue weighted by molar-refractivity contribution is 6.35. The Bertz CT molecular complexity index is 807. The van der Waals surface area contributed by atoms with E-state index in [-0.39, 0.29) is 6.54 Å². The van der Waals surface area contributed by atoms with E-state index in [2.05, 4.69) is 15.8 Å². The summed E-state index contributed by atoms with van der Waals surface area (Å²) in [5.41, 5.74) is 3.82. The molecule has 7 heteroatoms. The van der Waals surface area contributed by atoms with E-state index in [0.717, 1.165) is 12.0 Å². The molecule has 2 rings (SSSR count). The molecule has 0 heterocycles. The summed E-state index contributed by atoms with van der Waals surface area (Å²) >= 11 is 0. The molecule has 2 N–H and O–H groups in total. The molecule has 0 saturated heterocycles. The van der Waals surface area contributed by atoms with Crippen molar-refractivity contribution in [3.63, 3.8) is 0 Å². The fraction of sp³-hybridized carbons (Fsp3) is 0.286. The first-order valence-corrected chi connectivity index (χ1v) is 9.18. The molecule has 0 aliphatic rings. The number of benzene rings is 2. The number of carbonyl (C=O) groups is 2. The number of rotatable bonds is 9. The van der Waals surface area contributed by atoms with E-state index in [4.69, 9.17) is 9.47 Å². The minimum atomic E-state index is -0.833. The van der Waals surface area contributed by atoms with Gasteiger partial charge < -0.3 is 14.8 Å². The zero-order valence-electron chi connectivity index (χ0n) is 16.1. The van der Waals surface area contributed by atoms with E-state index in [1.54, 1.807) is 18.2 Å². The van der Waals surface area contributed by atoms with Crippen molar-refractivity contribution in [1.82, 2.24) is 10.7 Å². The first kappa shape index (κ1) is 21.0. The Morgan fingerprint density at radius 1 is 1.00 bits per heavy atom.